The number of aromatic nitrogens is 3. The third-order valence-electron chi connectivity index (χ3n) is 5.16. The third kappa shape index (κ3) is 4.01. The topological polar surface area (TPSA) is 59.8 Å². The number of carbonyl (C=O) groups is 1. The third-order valence-corrected chi connectivity index (χ3v) is 5.16. The molecule has 150 valence electrons. The van der Waals surface area contributed by atoms with Gasteiger partial charge in [0.05, 0.1) is 5.69 Å². The van der Waals surface area contributed by atoms with Gasteiger partial charge in [0, 0.05) is 11.3 Å². The first kappa shape index (κ1) is 19.6. The van der Waals surface area contributed by atoms with Crippen LogP contribution >= 0.6 is 0 Å². The number of nitrogens with zero attached hydrogens (tertiary/aromatic N) is 3. The summed E-state index contributed by atoms with van der Waals surface area (Å²) >= 11 is 0. The molecule has 0 bridgehead atoms. The maximum absolute atomic E-state index is 12.9. The lowest BCUT2D eigenvalue weighted by Gasteiger charge is -2.08. The molecule has 5 nitrogen and oxygen atoms in total. The summed E-state index contributed by atoms with van der Waals surface area (Å²) in [4.78, 5) is 17.4. The summed E-state index contributed by atoms with van der Waals surface area (Å²) < 4.78 is 1.74. The van der Waals surface area contributed by atoms with E-state index in [0.717, 1.165) is 27.9 Å². The zero-order valence-corrected chi connectivity index (χ0v) is 17.6. The summed E-state index contributed by atoms with van der Waals surface area (Å²) in [5, 5.41) is 7.44. The van der Waals surface area contributed by atoms with Crippen molar-refractivity contribution in [3.8, 4) is 17.1 Å². The fourth-order valence-electron chi connectivity index (χ4n) is 3.16. The van der Waals surface area contributed by atoms with Gasteiger partial charge in [0.2, 0.25) is 5.82 Å². The second-order valence-corrected chi connectivity index (χ2v) is 7.63. The number of amides is 1. The van der Waals surface area contributed by atoms with E-state index in [1.54, 1.807) is 4.68 Å². The normalized spacial score (nSPS) is 10.8. The van der Waals surface area contributed by atoms with E-state index in [4.69, 9.17) is 0 Å². The van der Waals surface area contributed by atoms with Gasteiger partial charge >= 0.3 is 0 Å². The second-order valence-electron chi connectivity index (χ2n) is 7.63. The van der Waals surface area contributed by atoms with Crippen molar-refractivity contribution in [2.24, 2.45) is 0 Å². The Hall–Kier alpha value is -3.73. The van der Waals surface area contributed by atoms with Crippen LogP contribution in [0, 0.1) is 27.7 Å². The molecule has 0 aliphatic carbocycles. The van der Waals surface area contributed by atoms with Crippen molar-refractivity contribution in [3.63, 3.8) is 0 Å². The first-order valence-electron chi connectivity index (χ1n) is 9.90. The average molecular weight is 396 g/mol. The number of hydrogen-bond acceptors (Lipinski definition) is 3. The van der Waals surface area contributed by atoms with Gasteiger partial charge in [0.25, 0.3) is 5.91 Å². The molecule has 0 fully saturated rings. The van der Waals surface area contributed by atoms with E-state index < -0.39 is 0 Å². The zero-order chi connectivity index (χ0) is 21.3. The van der Waals surface area contributed by atoms with Crippen LogP contribution in [0.4, 0.5) is 5.69 Å². The summed E-state index contributed by atoms with van der Waals surface area (Å²) in [5.41, 5.74) is 7.14. The summed E-state index contributed by atoms with van der Waals surface area (Å²) in [6.45, 7) is 8.18. The highest BCUT2D eigenvalue weighted by Gasteiger charge is 2.19. The van der Waals surface area contributed by atoms with Crippen molar-refractivity contribution in [1.82, 2.24) is 14.8 Å². The van der Waals surface area contributed by atoms with E-state index in [1.165, 1.54) is 5.56 Å². The van der Waals surface area contributed by atoms with E-state index in [0.29, 0.717) is 11.5 Å². The summed E-state index contributed by atoms with van der Waals surface area (Å²) in [7, 11) is 0. The quantitative estimate of drug-likeness (QED) is 0.501. The molecule has 1 heterocycles. The lowest BCUT2D eigenvalue weighted by molar-refractivity contribution is 0.101. The monoisotopic (exact) mass is 396 g/mol. The first-order chi connectivity index (χ1) is 14.4. The minimum Gasteiger partial charge on any atom is -0.319 e. The Morgan fingerprint density at radius 2 is 1.43 bits per heavy atom. The molecule has 30 heavy (non-hydrogen) atoms. The highest BCUT2D eigenvalue weighted by Crippen LogP contribution is 2.23. The highest BCUT2D eigenvalue weighted by atomic mass is 16.2. The molecule has 5 heteroatoms. The Bertz CT molecular complexity index is 1210. The van der Waals surface area contributed by atoms with E-state index in [2.05, 4.69) is 41.4 Å². The van der Waals surface area contributed by atoms with Crippen LogP contribution in [0.25, 0.3) is 17.1 Å². The van der Waals surface area contributed by atoms with Crippen molar-refractivity contribution in [2.75, 3.05) is 5.32 Å². The SMILES string of the molecule is Cc1ccc(NC(=O)c2nc(-c3ccc(C)cc3)n(-c3ccc(C)c(C)c3)n2)cc1. The Morgan fingerprint density at radius 3 is 2.07 bits per heavy atom. The van der Waals surface area contributed by atoms with E-state index >= 15 is 0 Å². The maximum Gasteiger partial charge on any atom is 0.295 e. The standard InChI is InChI=1S/C25H24N4O/c1-16-5-10-20(11-6-16)24-27-23(25(30)26-21-12-7-17(2)8-13-21)28-29(24)22-14-9-18(3)19(4)15-22/h5-15H,1-4H3,(H,26,30). The van der Waals surface area contributed by atoms with Gasteiger partial charge in [-0.3, -0.25) is 4.79 Å². The van der Waals surface area contributed by atoms with Crippen LogP contribution in [0.1, 0.15) is 32.9 Å². The van der Waals surface area contributed by atoms with Crippen LogP contribution in [0.3, 0.4) is 0 Å². The average Bonchev–Trinajstić information content (AvgIpc) is 3.18. The van der Waals surface area contributed by atoms with Crippen molar-refractivity contribution >= 4 is 11.6 Å². The number of benzene rings is 3. The molecule has 4 rings (SSSR count). The van der Waals surface area contributed by atoms with Gasteiger partial charge in [-0.05, 0) is 63.1 Å². The molecule has 0 spiro atoms. The van der Waals surface area contributed by atoms with Gasteiger partial charge in [-0.15, -0.1) is 5.10 Å². The fraction of sp³-hybridized carbons (Fsp3) is 0.160. The molecule has 3 aromatic carbocycles. The Labute approximate surface area is 176 Å². The molecule has 0 aliphatic heterocycles. The maximum atomic E-state index is 12.9. The molecule has 0 radical (unpaired) electrons. The second kappa shape index (κ2) is 7.95. The van der Waals surface area contributed by atoms with E-state index in [9.17, 15) is 4.79 Å². The number of carbonyl (C=O) groups excluding carboxylic acids is 1. The lowest BCUT2D eigenvalue weighted by Crippen LogP contribution is -2.14. The van der Waals surface area contributed by atoms with Crippen molar-refractivity contribution < 1.29 is 4.79 Å². The molecular weight excluding hydrogens is 372 g/mol. The van der Waals surface area contributed by atoms with Crippen LogP contribution in [0.2, 0.25) is 0 Å². The molecule has 0 saturated carbocycles. The van der Waals surface area contributed by atoms with Gasteiger partial charge in [-0.2, -0.15) is 0 Å². The minimum absolute atomic E-state index is 0.129. The van der Waals surface area contributed by atoms with Crippen molar-refractivity contribution in [3.05, 3.63) is 94.8 Å². The van der Waals surface area contributed by atoms with Gasteiger partial charge in [0.1, 0.15) is 0 Å². The predicted molar refractivity (Wildman–Crippen MR) is 120 cm³/mol. The summed E-state index contributed by atoms with van der Waals surface area (Å²) in [6.07, 6.45) is 0. The Kier molecular flexibility index (Phi) is 5.19. The number of rotatable bonds is 4. The number of aryl methyl sites for hydroxylation is 4. The molecule has 1 N–H and O–H groups in total. The molecule has 0 unspecified atom stereocenters. The Balaban J connectivity index is 1.76. The summed E-state index contributed by atoms with van der Waals surface area (Å²) in [5.74, 6) is 0.423. The molecular formula is C25H24N4O. The summed E-state index contributed by atoms with van der Waals surface area (Å²) in [6, 6.07) is 21.8. The molecule has 0 saturated heterocycles. The van der Waals surface area contributed by atoms with Gasteiger partial charge in [-0.1, -0.05) is 53.6 Å². The zero-order valence-electron chi connectivity index (χ0n) is 17.6. The molecule has 0 aliphatic rings. The van der Waals surface area contributed by atoms with Crippen molar-refractivity contribution in [1.29, 1.82) is 0 Å². The van der Waals surface area contributed by atoms with Crippen LogP contribution in [0.15, 0.2) is 66.7 Å². The van der Waals surface area contributed by atoms with Crippen LogP contribution < -0.4 is 5.32 Å². The predicted octanol–water partition coefficient (Wildman–Crippen LogP) is 5.42. The molecule has 1 aromatic heterocycles. The Morgan fingerprint density at radius 1 is 0.800 bits per heavy atom. The van der Waals surface area contributed by atoms with E-state index in [-0.39, 0.29) is 11.7 Å². The lowest BCUT2D eigenvalue weighted by atomic mass is 10.1. The largest absolute Gasteiger partial charge is 0.319 e. The van der Waals surface area contributed by atoms with Crippen LogP contribution in [-0.2, 0) is 0 Å². The smallest absolute Gasteiger partial charge is 0.295 e. The first-order valence-corrected chi connectivity index (χ1v) is 9.90. The van der Waals surface area contributed by atoms with Crippen LogP contribution in [-0.4, -0.2) is 20.7 Å². The van der Waals surface area contributed by atoms with Gasteiger partial charge in [0.15, 0.2) is 5.82 Å². The minimum atomic E-state index is -0.338. The number of nitrogens with one attached hydrogen (secondary N) is 1. The van der Waals surface area contributed by atoms with Gasteiger partial charge in [-0.25, -0.2) is 9.67 Å². The fourth-order valence-corrected chi connectivity index (χ4v) is 3.16. The van der Waals surface area contributed by atoms with Crippen LogP contribution in [0.5, 0.6) is 0 Å². The molecule has 1 amide bonds. The number of hydrogen-bond donors (Lipinski definition) is 1. The number of anilines is 1. The van der Waals surface area contributed by atoms with Gasteiger partial charge < -0.3 is 5.32 Å². The van der Waals surface area contributed by atoms with E-state index in [1.807, 2.05) is 68.4 Å². The van der Waals surface area contributed by atoms with Crippen molar-refractivity contribution in [2.45, 2.75) is 27.7 Å². The molecule has 0 atom stereocenters. The highest BCUT2D eigenvalue weighted by molar-refractivity contribution is 6.01. The molecule has 4 aromatic rings.